The Morgan fingerprint density at radius 3 is 2.85 bits per heavy atom. The van der Waals surface area contributed by atoms with Crippen molar-refractivity contribution in [1.82, 2.24) is 10.3 Å². The molecule has 5 nitrogen and oxygen atoms in total. The van der Waals surface area contributed by atoms with Crippen LogP contribution in [0.15, 0.2) is 46.7 Å². The Morgan fingerprint density at radius 1 is 1.26 bits per heavy atom. The summed E-state index contributed by atoms with van der Waals surface area (Å²) in [5.74, 6) is -0.134. The number of hydrogen-bond acceptors (Lipinski definition) is 6. The Hall–Kier alpha value is -1.74. The topological polar surface area (TPSA) is 76.1 Å². The van der Waals surface area contributed by atoms with E-state index in [1.54, 1.807) is 24.3 Å². The quantitative estimate of drug-likeness (QED) is 0.665. The van der Waals surface area contributed by atoms with Crippen LogP contribution in [0.5, 0.6) is 0 Å². The van der Waals surface area contributed by atoms with E-state index in [0.717, 1.165) is 9.88 Å². The Balaban J connectivity index is 1.47. The summed E-state index contributed by atoms with van der Waals surface area (Å²) in [7, 11) is -3.27. The molecular weight excluding hydrogens is 424 g/mol. The zero-order valence-electron chi connectivity index (χ0n) is 14.0. The van der Waals surface area contributed by atoms with Crippen molar-refractivity contribution in [3.8, 4) is 9.88 Å². The van der Waals surface area contributed by atoms with Gasteiger partial charge in [-0.15, -0.1) is 22.7 Å². The lowest BCUT2D eigenvalue weighted by Crippen LogP contribution is -2.34. The highest BCUT2D eigenvalue weighted by molar-refractivity contribution is 7.91. The van der Waals surface area contributed by atoms with Gasteiger partial charge in [0.15, 0.2) is 9.84 Å². The SMILES string of the molecule is O=C(Cc1csc(-c2ccc(Cl)s2)n1)NC1CCS(=O)(=O)c2ccccc21. The zero-order valence-corrected chi connectivity index (χ0v) is 17.2. The second-order valence-corrected chi connectivity index (χ2v) is 10.8. The maximum atomic E-state index is 12.5. The van der Waals surface area contributed by atoms with Crippen LogP contribution in [0, 0.1) is 0 Å². The van der Waals surface area contributed by atoms with E-state index in [4.69, 9.17) is 11.6 Å². The van der Waals surface area contributed by atoms with Gasteiger partial charge in [0.2, 0.25) is 5.91 Å². The van der Waals surface area contributed by atoms with Gasteiger partial charge in [-0.2, -0.15) is 0 Å². The molecule has 0 aliphatic carbocycles. The second-order valence-electron chi connectivity index (χ2n) is 6.19. The smallest absolute Gasteiger partial charge is 0.226 e. The molecule has 1 aliphatic heterocycles. The van der Waals surface area contributed by atoms with Gasteiger partial charge in [0.1, 0.15) is 5.01 Å². The molecule has 27 heavy (non-hydrogen) atoms. The third-order valence-electron chi connectivity index (χ3n) is 4.32. The summed E-state index contributed by atoms with van der Waals surface area (Å²) in [6.45, 7) is 0. The van der Waals surface area contributed by atoms with Gasteiger partial charge in [-0.25, -0.2) is 13.4 Å². The fourth-order valence-electron chi connectivity index (χ4n) is 3.08. The van der Waals surface area contributed by atoms with Gasteiger partial charge in [0, 0.05) is 5.38 Å². The van der Waals surface area contributed by atoms with E-state index >= 15 is 0 Å². The molecule has 1 aliphatic rings. The number of benzene rings is 1. The first-order chi connectivity index (χ1) is 12.9. The molecule has 140 valence electrons. The Kier molecular flexibility index (Phi) is 5.07. The molecule has 0 saturated heterocycles. The van der Waals surface area contributed by atoms with Gasteiger partial charge in [0.25, 0.3) is 0 Å². The normalized spacial score (nSPS) is 18.0. The van der Waals surface area contributed by atoms with Gasteiger partial charge >= 0.3 is 0 Å². The summed E-state index contributed by atoms with van der Waals surface area (Å²) in [4.78, 5) is 18.3. The molecule has 1 N–H and O–H groups in total. The average Bonchev–Trinajstić information content (AvgIpc) is 3.27. The Morgan fingerprint density at radius 2 is 2.07 bits per heavy atom. The van der Waals surface area contributed by atoms with Crippen LogP contribution in [0.1, 0.15) is 23.7 Å². The van der Waals surface area contributed by atoms with Gasteiger partial charge in [0.05, 0.1) is 38.0 Å². The number of aromatic nitrogens is 1. The lowest BCUT2D eigenvalue weighted by atomic mass is 10.0. The number of hydrogen-bond donors (Lipinski definition) is 1. The van der Waals surface area contributed by atoms with Crippen LogP contribution < -0.4 is 5.32 Å². The Labute approximate surface area is 170 Å². The molecule has 0 bridgehead atoms. The van der Waals surface area contributed by atoms with Crippen molar-refractivity contribution in [2.75, 3.05) is 5.75 Å². The van der Waals surface area contributed by atoms with Crippen LogP contribution in [0.3, 0.4) is 0 Å². The molecule has 0 fully saturated rings. The lowest BCUT2D eigenvalue weighted by molar-refractivity contribution is -0.121. The zero-order chi connectivity index (χ0) is 19.0. The molecule has 0 saturated carbocycles. The number of nitrogens with one attached hydrogen (secondary N) is 1. The number of carbonyl (C=O) groups is 1. The van der Waals surface area contributed by atoms with Gasteiger partial charge in [-0.05, 0) is 30.2 Å². The molecule has 1 atom stereocenters. The highest BCUT2D eigenvalue weighted by Gasteiger charge is 2.30. The Bertz CT molecular complexity index is 1100. The maximum absolute atomic E-state index is 12.5. The maximum Gasteiger partial charge on any atom is 0.226 e. The van der Waals surface area contributed by atoms with E-state index in [1.165, 1.54) is 22.7 Å². The van der Waals surface area contributed by atoms with E-state index in [1.807, 2.05) is 17.5 Å². The van der Waals surface area contributed by atoms with Crippen molar-refractivity contribution in [2.24, 2.45) is 0 Å². The number of nitrogens with zero attached hydrogens (tertiary/aromatic N) is 1. The summed E-state index contributed by atoms with van der Waals surface area (Å²) in [6, 6.07) is 10.3. The van der Waals surface area contributed by atoms with Crippen molar-refractivity contribution in [2.45, 2.75) is 23.8 Å². The molecule has 3 heterocycles. The van der Waals surface area contributed by atoms with Crippen LogP contribution in [-0.4, -0.2) is 25.1 Å². The van der Waals surface area contributed by atoms with Gasteiger partial charge < -0.3 is 5.32 Å². The van der Waals surface area contributed by atoms with Gasteiger partial charge in [-0.1, -0.05) is 29.8 Å². The summed E-state index contributed by atoms with van der Waals surface area (Å²) >= 11 is 8.88. The van der Waals surface area contributed by atoms with Gasteiger partial charge in [-0.3, -0.25) is 4.79 Å². The molecule has 4 rings (SSSR count). The minimum atomic E-state index is -3.27. The number of carbonyl (C=O) groups excluding carboxylic acids is 1. The third-order valence-corrected chi connectivity index (χ3v) is 8.42. The molecule has 0 radical (unpaired) electrons. The predicted octanol–water partition coefficient (Wildman–Crippen LogP) is 4.10. The predicted molar refractivity (Wildman–Crippen MR) is 108 cm³/mol. The number of halogens is 1. The number of rotatable bonds is 4. The number of amides is 1. The first-order valence-corrected chi connectivity index (χ1v) is 12.0. The first-order valence-electron chi connectivity index (χ1n) is 8.23. The van der Waals surface area contributed by atoms with Crippen molar-refractivity contribution in [3.63, 3.8) is 0 Å². The number of thiazole rings is 1. The van der Waals surface area contributed by atoms with Crippen molar-refractivity contribution in [3.05, 3.63) is 57.4 Å². The molecule has 2 aromatic heterocycles. The van der Waals surface area contributed by atoms with Crippen LogP contribution in [-0.2, 0) is 21.1 Å². The molecule has 1 unspecified atom stereocenters. The number of sulfone groups is 1. The second kappa shape index (κ2) is 7.35. The molecule has 9 heteroatoms. The molecule has 1 aromatic carbocycles. The third kappa shape index (κ3) is 3.94. The fraction of sp³-hybridized carbons (Fsp3) is 0.222. The minimum absolute atomic E-state index is 0.0367. The van der Waals surface area contributed by atoms with E-state index < -0.39 is 9.84 Å². The highest BCUT2D eigenvalue weighted by atomic mass is 35.5. The summed E-state index contributed by atoms with van der Waals surface area (Å²) < 4.78 is 25.1. The van der Waals surface area contributed by atoms with Crippen molar-refractivity contribution >= 4 is 50.0 Å². The summed E-state index contributed by atoms with van der Waals surface area (Å²) in [5.41, 5.74) is 1.35. The highest BCUT2D eigenvalue weighted by Crippen LogP contribution is 2.34. The monoisotopic (exact) mass is 438 g/mol. The standard InChI is InChI=1S/C18H15ClN2O3S3/c19-16-6-5-14(26-16)18-20-11(10-25-18)9-17(22)21-13-7-8-27(23,24)15-4-2-1-3-12(13)15/h1-6,10,13H,7-9H2,(H,21,22). The average molecular weight is 439 g/mol. The molecule has 0 spiro atoms. The largest absolute Gasteiger partial charge is 0.349 e. The van der Waals surface area contributed by atoms with Crippen LogP contribution in [0.4, 0.5) is 0 Å². The molecule has 1 amide bonds. The van der Waals surface area contributed by atoms with E-state index in [9.17, 15) is 13.2 Å². The van der Waals surface area contributed by atoms with Crippen LogP contribution in [0.25, 0.3) is 9.88 Å². The van der Waals surface area contributed by atoms with E-state index in [0.29, 0.717) is 26.9 Å². The molecule has 3 aromatic rings. The van der Waals surface area contributed by atoms with Crippen molar-refractivity contribution in [1.29, 1.82) is 0 Å². The van der Waals surface area contributed by atoms with E-state index in [-0.39, 0.29) is 24.1 Å². The van der Waals surface area contributed by atoms with Crippen LogP contribution in [0.2, 0.25) is 4.34 Å². The minimum Gasteiger partial charge on any atom is -0.349 e. The first kappa shape index (κ1) is 18.6. The molecular formula is C18H15ClN2O3S3. The number of thiophene rings is 1. The van der Waals surface area contributed by atoms with Crippen LogP contribution >= 0.6 is 34.3 Å². The lowest BCUT2D eigenvalue weighted by Gasteiger charge is -2.26. The van der Waals surface area contributed by atoms with E-state index in [2.05, 4.69) is 10.3 Å². The summed E-state index contributed by atoms with van der Waals surface area (Å²) in [5, 5.41) is 5.66. The summed E-state index contributed by atoms with van der Waals surface area (Å²) in [6.07, 6.45) is 0.530. The van der Waals surface area contributed by atoms with Crippen molar-refractivity contribution < 1.29 is 13.2 Å². The fourth-order valence-corrected chi connectivity index (χ4v) is 6.64. The number of fused-ring (bicyclic) bond motifs is 1.